The first kappa shape index (κ1) is 7.66. The fourth-order valence-electron chi connectivity index (χ4n) is 0.770. The Morgan fingerprint density at radius 2 is 2.30 bits per heavy atom. The SMILES string of the molecule is CCCCc1nc(C)ns1. The van der Waals surface area contributed by atoms with E-state index in [1.807, 2.05) is 6.92 Å². The second-order valence-corrected chi connectivity index (χ2v) is 3.18. The maximum atomic E-state index is 4.26. The average molecular weight is 156 g/mol. The van der Waals surface area contributed by atoms with Crippen molar-refractivity contribution in [3.05, 3.63) is 10.8 Å². The van der Waals surface area contributed by atoms with Crippen LogP contribution in [0.15, 0.2) is 0 Å². The molecule has 0 fully saturated rings. The monoisotopic (exact) mass is 156 g/mol. The van der Waals surface area contributed by atoms with E-state index in [2.05, 4.69) is 16.3 Å². The van der Waals surface area contributed by atoms with Crippen molar-refractivity contribution in [2.75, 3.05) is 0 Å². The van der Waals surface area contributed by atoms with E-state index in [9.17, 15) is 0 Å². The Morgan fingerprint density at radius 1 is 1.50 bits per heavy atom. The number of nitrogens with zero attached hydrogens (tertiary/aromatic N) is 2. The normalized spacial score (nSPS) is 10.2. The molecule has 56 valence electrons. The number of unbranched alkanes of at least 4 members (excludes halogenated alkanes) is 1. The Balaban J connectivity index is 2.42. The second-order valence-electron chi connectivity index (χ2n) is 2.34. The lowest BCUT2D eigenvalue weighted by Gasteiger charge is -1.88. The molecule has 0 aromatic carbocycles. The standard InChI is InChI=1S/C7H12N2S/c1-3-4-5-7-8-6(2)9-10-7/h3-5H2,1-2H3. The van der Waals surface area contributed by atoms with Crippen LogP contribution in [0.25, 0.3) is 0 Å². The van der Waals surface area contributed by atoms with E-state index in [4.69, 9.17) is 0 Å². The van der Waals surface area contributed by atoms with Gasteiger partial charge in [0.25, 0.3) is 0 Å². The van der Waals surface area contributed by atoms with Gasteiger partial charge in [0.15, 0.2) is 0 Å². The van der Waals surface area contributed by atoms with Gasteiger partial charge in [-0.2, -0.15) is 4.37 Å². The van der Waals surface area contributed by atoms with Crippen molar-refractivity contribution in [3.63, 3.8) is 0 Å². The van der Waals surface area contributed by atoms with E-state index in [0.717, 1.165) is 12.2 Å². The third kappa shape index (κ3) is 2.06. The minimum atomic E-state index is 0.913. The molecule has 0 atom stereocenters. The first-order chi connectivity index (χ1) is 4.83. The molecule has 0 N–H and O–H groups in total. The second kappa shape index (κ2) is 3.66. The summed E-state index contributed by atoms with van der Waals surface area (Å²) >= 11 is 1.53. The number of hydrogen-bond donors (Lipinski definition) is 0. The Morgan fingerprint density at radius 3 is 2.80 bits per heavy atom. The van der Waals surface area contributed by atoms with Crippen molar-refractivity contribution in [3.8, 4) is 0 Å². The molecule has 2 nitrogen and oxygen atoms in total. The zero-order valence-electron chi connectivity index (χ0n) is 6.42. The predicted molar refractivity (Wildman–Crippen MR) is 43.3 cm³/mol. The van der Waals surface area contributed by atoms with Gasteiger partial charge in [0.05, 0.1) is 0 Å². The van der Waals surface area contributed by atoms with E-state index >= 15 is 0 Å². The van der Waals surface area contributed by atoms with Crippen LogP contribution in [0.2, 0.25) is 0 Å². The summed E-state index contributed by atoms with van der Waals surface area (Å²) in [6.07, 6.45) is 3.56. The molecule has 0 saturated heterocycles. The predicted octanol–water partition coefficient (Wildman–Crippen LogP) is 2.19. The molecule has 0 aliphatic carbocycles. The minimum Gasteiger partial charge on any atom is -0.225 e. The highest BCUT2D eigenvalue weighted by Crippen LogP contribution is 2.07. The fourth-order valence-corrected chi connectivity index (χ4v) is 1.46. The molecular weight excluding hydrogens is 144 g/mol. The molecule has 1 rings (SSSR count). The number of aryl methyl sites for hydroxylation is 2. The molecule has 3 heteroatoms. The highest BCUT2D eigenvalue weighted by atomic mass is 32.1. The number of aromatic nitrogens is 2. The van der Waals surface area contributed by atoms with Gasteiger partial charge < -0.3 is 0 Å². The summed E-state index contributed by atoms with van der Waals surface area (Å²) in [5, 5.41) is 1.18. The van der Waals surface area contributed by atoms with Crippen LogP contribution in [0.3, 0.4) is 0 Å². The highest BCUT2D eigenvalue weighted by molar-refractivity contribution is 7.05. The molecule has 0 radical (unpaired) electrons. The molecule has 10 heavy (non-hydrogen) atoms. The number of hydrogen-bond acceptors (Lipinski definition) is 3. The van der Waals surface area contributed by atoms with Gasteiger partial charge in [-0.1, -0.05) is 13.3 Å². The van der Waals surface area contributed by atoms with Gasteiger partial charge in [-0.05, 0) is 24.9 Å². The van der Waals surface area contributed by atoms with Crippen LogP contribution in [0.4, 0.5) is 0 Å². The highest BCUT2D eigenvalue weighted by Gasteiger charge is 1.97. The summed E-state index contributed by atoms with van der Waals surface area (Å²) in [4.78, 5) is 4.26. The van der Waals surface area contributed by atoms with Crippen molar-refractivity contribution < 1.29 is 0 Å². The summed E-state index contributed by atoms with van der Waals surface area (Å²) in [5.74, 6) is 0.913. The van der Waals surface area contributed by atoms with Crippen molar-refractivity contribution in [2.45, 2.75) is 33.1 Å². The zero-order valence-corrected chi connectivity index (χ0v) is 7.24. The van der Waals surface area contributed by atoms with Crippen LogP contribution in [-0.2, 0) is 6.42 Å². The van der Waals surface area contributed by atoms with E-state index in [-0.39, 0.29) is 0 Å². The average Bonchev–Trinajstić information content (AvgIpc) is 2.31. The van der Waals surface area contributed by atoms with Gasteiger partial charge in [0.1, 0.15) is 10.8 Å². The van der Waals surface area contributed by atoms with Crippen molar-refractivity contribution in [1.29, 1.82) is 0 Å². The van der Waals surface area contributed by atoms with Gasteiger partial charge in [0.2, 0.25) is 0 Å². The molecule has 1 aromatic rings. The minimum absolute atomic E-state index is 0.913. The maximum absolute atomic E-state index is 4.26. The Kier molecular flexibility index (Phi) is 2.81. The van der Waals surface area contributed by atoms with Gasteiger partial charge in [-0.25, -0.2) is 4.98 Å². The molecule has 0 bridgehead atoms. The third-order valence-corrected chi connectivity index (χ3v) is 2.18. The fraction of sp³-hybridized carbons (Fsp3) is 0.714. The quantitative estimate of drug-likeness (QED) is 0.670. The molecular formula is C7H12N2S. The molecule has 0 aliphatic heterocycles. The summed E-state index contributed by atoms with van der Waals surface area (Å²) in [7, 11) is 0. The molecule has 0 unspecified atom stereocenters. The van der Waals surface area contributed by atoms with Crippen LogP contribution >= 0.6 is 11.5 Å². The third-order valence-electron chi connectivity index (χ3n) is 1.31. The van der Waals surface area contributed by atoms with E-state index in [1.165, 1.54) is 29.4 Å². The first-order valence-electron chi connectivity index (χ1n) is 3.62. The summed E-state index contributed by atoms with van der Waals surface area (Å²) in [6, 6.07) is 0. The van der Waals surface area contributed by atoms with Crippen LogP contribution in [-0.4, -0.2) is 9.36 Å². The van der Waals surface area contributed by atoms with E-state index in [1.54, 1.807) is 0 Å². The zero-order chi connectivity index (χ0) is 7.40. The molecule has 0 spiro atoms. The largest absolute Gasteiger partial charge is 0.225 e. The maximum Gasteiger partial charge on any atom is 0.139 e. The summed E-state index contributed by atoms with van der Waals surface area (Å²) in [5.41, 5.74) is 0. The smallest absolute Gasteiger partial charge is 0.139 e. The summed E-state index contributed by atoms with van der Waals surface area (Å²) < 4.78 is 4.10. The van der Waals surface area contributed by atoms with Crippen molar-refractivity contribution >= 4 is 11.5 Å². The molecule has 0 amide bonds. The first-order valence-corrected chi connectivity index (χ1v) is 4.39. The summed E-state index contributed by atoms with van der Waals surface area (Å²) in [6.45, 7) is 4.12. The molecule has 0 aliphatic rings. The topological polar surface area (TPSA) is 25.8 Å². The molecule has 0 saturated carbocycles. The van der Waals surface area contributed by atoms with Crippen molar-refractivity contribution in [2.24, 2.45) is 0 Å². The lowest BCUT2D eigenvalue weighted by atomic mass is 10.3. The lowest BCUT2D eigenvalue weighted by Crippen LogP contribution is -1.82. The van der Waals surface area contributed by atoms with Gasteiger partial charge >= 0.3 is 0 Å². The number of rotatable bonds is 3. The van der Waals surface area contributed by atoms with Gasteiger partial charge in [-0.3, -0.25) is 0 Å². The van der Waals surface area contributed by atoms with Crippen molar-refractivity contribution in [1.82, 2.24) is 9.36 Å². The van der Waals surface area contributed by atoms with Gasteiger partial charge in [-0.15, -0.1) is 0 Å². The lowest BCUT2D eigenvalue weighted by molar-refractivity contribution is 0.787. The van der Waals surface area contributed by atoms with Crippen LogP contribution in [0.5, 0.6) is 0 Å². The Labute approximate surface area is 65.5 Å². The van der Waals surface area contributed by atoms with Crippen LogP contribution in [0.1, 0.15) is 30.6 Å². The Bertz CT molecular complexity index is 195. The van der Waals surface area contributed by atoms with E-state index in [0.29, 0.717) is 0 Å². The van der Waals surface area contributed by atoms with E-state index < -0.39 is 0 Å². The van der Waals surface area contributed by atoms with Gasteiger partial charge in [0, 0.05) is 6.42 Å². The molecule has 1 aromatic heterocycles. The molecule has 1 heterocycles. The van der Waals surface area contributed by atoms with Crippen LogP contribution in [0, 0.1) is 6.92 Å². The van der Waals surface area contributed by atoms with Crippen LogP contribution < -0.4 is 0 Å². The Hall–Kier alpha value is -0.440.